The van der Waals surface area contributed by atoms with Crippen LogP contribution in [-0.4, -0.2) is 19.4 Å². The van der Waals surface area contributed by atoms with Gasteiger partial charge in [0.05, 0.1) is 11.0 Å². The Balaban J connectivity index is 1.43. The molecule has 0 spiro atoms. The van der Waals surface area contributed by atoms with E-state index < -0.39 is 5.69 Å². The minimum atomic E-state index is -0.425. The molecule has 0 unspecified atom stereocenters. The minimum absolute atomic E-state index is 0.425. The summed E-state index contributed by atoms with van der Waals surface area (Å²) < 4.78 is 7.93. The Morgan fingerprint density at radius 1 is 0.727 bits per heavy atom. The molecule has 3 heterocycles. The van der Waals surface area contributed by atoms with E-state index in [9.17, 15) is 4.79 Å². The molecule has 0 aliphatic rings. The standard InChI is InChI=1S/C27H16N4O2/c32-27-29-25(31-21-9-3-2-8-20(21)28-26(31)30-27)17-14-12-16(13-15-17)18-7-5-11-23-24(18)19-6-1-4-10-22(19)33-23/h1-15H,(H,28,30,32). The maximum absolute atomic E-state index is 12.3. The number of aromatic amines is 1. The van der Waals surface area contributed by atoms with Gasteiger partial charge >= 0.3 is 5.69 Å². The molecule has 156 valence electrons. The number of rotatable bonds is 2. The monoisotopic (exact) mass is 428 g/mol. The molecule has 0 saturated heterocycles. The van der Waals surface area contributed by atoms with Gasteiger partial charge in [0.1, 0.15) is 11.2 Å². The van der Waals surface area contributed by atoms with Gasteiger partial charge in [0.2, 0.25) is 5.78 Å². The van der Waals surface area contributed by atoms with Crippen molar-refractivity contribution < 1.29 is 4.42 Å². The molecule has 4 aromatic carbocycles. The lowest BCUT2D eigenvalue weighted by Gasteiger charge is -2.08. The molecule has 7 rings (SSSR count). The van der Waals surface area contributed by atoms with E-state index in [2.05, 4.69) is 39.2 Å². The Labute approximate surface area is 186 Å². The smallest absolute Gasteiger partial charge is 0.349 e. The van der Waals surface area contributed by atoms with Crippen molar-refractivity contribution in [2.75, 3.05) is 0 Å². The summed E-state index contributed by atoms with van der Waals surface area (Å²) in [5.74, 6) is 1.03. The van der Waals surface area contributed by atoms with Crippen LogP contribution in [0.2, 0.25) is 0 Å². The summed E-state index contributed by atoms with van der Waals surface area (Å²) in [5.41, 5.74) is 6.00. The zero-order chi connectivity index (χ0) is 21.9. The quantitative estimate of drug-likeness (QED) is 0.377. The largest absolute Gasteiger partial charge is 0.456 e. The van der Waals surface area contributed by atoms with Crippen molar-refractivity contribution in [2.24, 2.45) is 0 Å². The van der Waals surface area contributed by atoms with Gasteiger partial charge in [0.15, 0.2) is 5.82 Å². The van der Waals surface area contributed by atoms with E-state index in [1.54, 1.807) is 0 Å². The third kappa shape index (κ3) is 2.64. The van der Waals surface area contributed by atoms with Crippen LogP contribution in [0.1, 0.15) is 0 Å². The number of furan rings is 1. The zero-order valence-electron chi connectivity index (χ0n) is 17.3. The molecular weight excluding hydrogens is 412 g/mol. The van der Waals surface area contributed by atoms with E-state index >= 15 is 0 Å². The lowest BCUT2D eigenvalue weighted by molar-refractivity contribution is 0.669. The van der Waals surface area contributed by atoms with Crippen LogP contribution in [0.25, 0.3) is 61.3 Å². The predicted octanol–water partition coefficient (Wildman–Crippen LogP) is 5.80. The lowest BCUT2D eigenvalue weighted by atomic mass is 9.98. The minimum Gasteiger partial charge on any atom is -0.456 e. The van der Waals surface area contributed by atoms with Crippen LogP contribution in [0.5, 0.6) is 0 Å². The van der Waals surface area contributed by atoms with E-state index in [0.717, 1.165) is 49.7 Å². The Morgan fingerprint density at radius 2 is 1.48 bits per heavy atom. The Morgan fingerprint density at radius 3 is 2.39 bits per heavy atom. The average molecular weight is 428 g/mol. The van der Waals surface area contributed by atoms with E-state index in [1.807, 2.05) is 71.1 Å². The fourth-order valence-electron chi connectivity index (χ4n) is 4.60. The highest BCUT2D eigenvalue weighted by atomic mass is 16.3. The summed E-state index contributed by atoms with van der Waals surface area (Å²) in [5, 5.41) is 2.19. The first-order chi connectivity index (χ1) is 16.3. The summed E-state index contributed by atoms with van der Waals surface area (Å²) in [7, 11) is 0. The lowest BCUT2D eigenvalue weighted by Crippen LogP contribution is -2.15. The normalized spacial score (nSPS) is 11.8. The van der Waals surface area contributed by atoms with Gasteiger partial charge in [0, 0.05) is 16.3 Å². The van der Waals surface area contributed by atoms with Crippen molar-refractivity contribution in [2.45, 2.75) is 0 Å². The fraction of sp³-hybridized carbons (Fsp3) is 0. The molecule has 7 aromatic rings. The van der Waals surface area contributed by atoms with Gasteiger partial charge < -0.3 is 4.42 Å². The second kappa shape index (κ2) is 6.64. The molecule has 3 aromatic heterocycles. The molecule has 1 N–H and O–H groups in total. The highest BCUT2D eigenvalue weighted by Crippen LogP contribution is 2.37. The van der Waals surface area contributed by atoms with E-state index in [1.165, 1.54) is 0 Å². The van der Waals surface area contributed by atoms with Crippen LogP contribution >= 0.6 is 0 Å². The maximum atomic E-state index is 12.3. The predicted molar refractivity (Wildman–Crippen MR) is 129 cm³/mol. The third-order valence-corrected chi connectivity index (χ3v) is 6.06. The third-order valence-electron chi connectivity index (χ3n) is 6.06. The van der Waals surface area contributed by atoms with Gasteiger partial charge in [-0.15, -0.1) is 0 Å². The SMILES string of the molecule is O=c1nc(-c2ccc(-c3cccc4oc5ccccc5c34)cc2)n2c(nc3ccccc32)[nH]1. The molecule has 0 radical (unpaired) electrons. The van der Waals surface area contributed by atoms with Crippen molar-refractivity contribution >= 4 is 38.7 Å². The summed E-state index contributed by atoms with van der Waals surface area (Å²) >= 11 is 0. The first-order valence-electron chi connectivity index (χ1n) is 10.6. The van der Waals surface area contributed by atoms with Crippen molar-refractivity contribution in [3.63, 3.8) is 0 Å². The average Bonchev–Trinajstić information content (AvgIpc) is 3.41. The molecule has 0 aliphatic carbocycles. The van der Waals surface area contributed by atoms with Gasteiger partial charge in [0.25, 0.3) is 0 Å². The summed E-state index contributed by atoms with van der Waals surface area (Å²) in [6.07, 6.45) is 0. The first kappa shape index (κ1) is 17.9. The zero-order valence-corrected chi connectivity index (χ0v) is 17.3. The van der Waals surface area contributed by atoms with Crippen LogP contribution in [0.15, 0.2) is 100 Å². The molecule has 0 fully saturated rings. The summed E-state index contributed by atoms with van der Waals surface area (Å²) in [4.78, 5) is 23.8. The van der Waals surface area contributed by atoms with Gasteiger partial charge in [-0.25, -0.2) is 9.78 Å². The highest BCUT2D eigenvalue weighted by Gasteiger charge is 2.15. The summed E-state index contributed by atoms with van der Waals surface area (Å²) in [6, 6.07) is 30.0. The van der Waals surface area contributed by atoms with Crippen LogP contribution in [-0.2, 0) is 0 Å². The molecule has 6 heteroatoms. The number of fused-ring (bicyclic) bond motifs is 6. The molecule has 33 heavy (non-hydrogen) atoms. The van der Waals surface area contributed by atoms with Crippen LogP contribution < -0.4 is 5.69 Å². The number of nitrogens with one attached hydrogen (secondary N) is 1. The first-order valence-corrected chi connectivity index (χ1v) is 10.6. The number of hydrogen-bond donors (Lipinski definition) is 1. The van der Waals surface area contributed by atoms with Crippen molar-refractivity contribution in [1.82, 2.24) is 19.4 Å². The highest BCUT2D eigenvalue weighted by molar-refractivity contribution is 6.12. The molecule has 0 aliphatic heterocycles. The molecule has 0 bridgehead atoms. The second-order valence-corrected chi connectivity index (χ2v) is 7.98. The topological polar surface area (TPSA) is 76.2 Å². The second-order valence-electron chi connectivity index (χ2n) is 7.98. The molecule has 6 nitrogen and oxygen atoms in total. The Bertz CT molecular complexity index is 1890. The van der Waals surface area contributed by atoms with Gasteiger partial charge in [-0.1, -0.05) is 66.7 Å². The van der Waals surface area contributed by atoms with Gasteiger partial charge in [-0.3, -0.25) is 9.38 Å². The van der Waals surface area contributed by atoms with E-state index in [4.69, 9.17) is 4.42 Å². The van der Waals surface area contributed by atoms with Crippen molar-refractivity contribution in [3.8, 4) is 22.5 Å². The number of nitrogens with zero attached hydrogens (tertiary/aromatic N) is 3. The van der Waals surface area contributed by atoms with E-state index in [-0.39, 0.29) is 0 Å². The fourth-order valence-corrected chi connectivity index (χ4v) is 4.60. The Kier molecular flexibility index (Phi) is 3.61. The van der Waals surface area contributed by atoms with E-state index in [0.29, 0.717) is 11.6 Å². The van der Waals surface area contributed by atoms with Crippen LogP contribution in [0.3, 0.4) is 0 Å². The number of aromatic nitrogens is 4. The van der Waals surface area contributed by atoms with Crippen LogP contribution in [0, 0.1) is 0 Å². The van der Waals surface area contributed by atoms with Gasteiger partial charge in [-0.2, -0.15) is 4.98 Å². The number of hydrogen-bond acceptors (Lipinski definition) is 4. The van der Waals surface area contributed by atoms with Crippen molar-refractivity contribution in [3.05, 3.63) is 101 Å². The Hall–Kier alpha value is -4.71. The molecule has 0 amide bonds. The molecule has 0 atom stereocenters. The number of imidazole rings is 1. The number of para-hydroxylation sites is 3. The molecule has 0 saturated carbocycles. The maximum Gasteiger partial charge on any atom is 0.349 e. The van der Waals surface area contributed by atoms with Crippen LogP contribution in [0.4, 0.5) is 0 Å². The molecular formula is C27H16N4O2. The number of benzene rings is 4. The van der Waals surface area contributed by atoms with Gasteiger partial charge in [-0.05, 0) is 35.4 Å². The number of H-pyrrole nitrogens is 1. The van der Waals surface area contributed by atoms with Crippen molar-refractivity contribution in [1.29, 1.82) is 0 Å². The summed E-state index contributed by atoms with van der Waals surface area (Å²) in [6.45, 7) is 0.